The maximum Gasteiger partial charge on any atom is 0.436 e. The van der Waals surface area contributed by atoms with Gasteiger partial charge in [0.2, 0.25) is 5.91 Å². The molecule has 1 saturated carbocycles. The zero-order valence-electron chi connectivity index (χ0n) is 19.9. The van der Waals surface area contributed by atoms with E-state index in [4.69, 9.17) is 4.74 Å². The van der Waals surface area contributed by atoms with Crippen molar-refractivity contribution in [1.82, 2.24) is 19.6 Å². The second-order valence-electron chi connectivity index (χ2n) is 8.69. The first-order valence-electron chi connectivity index (χ1n) is 11.3. The summed E-state index contributed by atoms with van der Waals surface area (Å²) in [6.45, 7) is 3.85. The quantitative estimate of drug-likeness (QED) is 0.377. The average molecular weight is 568 g/mol. The van der Waals surface area contributed by atoms with E-state index in [9.17, 15) is 22.8 Å². The molecule has 12 heteroatoms. The van der Waals surface area contributed by atoms with E-state index in [1.807, 2.05) is 6.07 Å². The van der Waals surface area contributed by atoms with E-state index in [0.717, 1.165) is 12.8 Å². The molecular weight excluding hydrogens is 543 g/mol. The number of anilines is 1. The van der Waals surface area contributed by atoms with Gasteiger partial charge in [0.1, 0.15) is 0 Å². The molecule has 0 bridgehead atoms. The van der Waals surface area contributed by atoms with Crippen LogP contribution in [0.1, 0.15) is 63.9 Å². The first kappa shape index (κ1) is 25.9. The molecule has 1 amide bonds. The van der Waals surface area contributed by atoms with E-state index in [2.05, 4.69) is 31.4 Å². The number of benzene rings is 1. The van der Waals surface area contributed by atoms with Crippen molar-refractivity contribution >= 4 is 33.5 Å². The van der Waals surface area contributed by atoms with E-state index in [1.54, 1.807) is 36.7 Å². The van der Waals surface area contributed by atoms with Crippen molar-refractivity contribution in [2.45, 2.75) is 58.3 Å². The number of alkyl halides is 3. The highest BCUT2D eigenvalue weighted by atomic mass is 79.9. The fourth-order valence-electron chi connectivity index (χ4n) is 4.12. The van der Waals surface area contributed by atoms with E-state index in [1.165, 1.54) is 11.8 Å². The SMILES string of the molecule is COC(=O)c1ccccc1Cn1nc(C)c(NC(=O)CCn2nc(C(F)(F)F)c(Br)c2C2CC2)c1C. The number of methoxy groups -OCH3 is 1. The number of carbonyl (C=O) groups excluding carboxylic acids is 2. The molecular formula is C24H25BrF3N5O3. The van der Waals surface area contributed by atoms with Crippen molar-refractivity contribution in [1.29, 1.82) is 0 Å². The van der Waals surface area contributed by atoms with E-state index >= 15 is 0 Å². The topological polar surface area (TPSA) is 91.0 Å². The first-order chi connectivity index (χ1) is 17.0. The summed E-state index contributed by atoms with van der Waals surface area (Å²) < 4.78 is 47.8. The Hall–Kier alpha value is -3.15. The molecule has 0 spiro atoms. The van der Waals surface area contributed by atoms with Crippen molar-refractivity contribution in [2.24, 2.45) is 0 Å². The fraction of sp³-hybridized carbons (Fsp3) is 0.417. The highest BCUT2D eigenvalue weighted by Gasteiger charge is 2.41. The normalized spacial score (nSPS) is 13.6. The monoisotopic (exact) mass is 567 g/mol. The van der Waals surface area contributed by atoms with Crippen LogP contribution in [0.2, 0.25) is 0 Å². The third kappa shape index (κ3) is 5.32. The van der Waals surface area contributed by atoms with Gasteiger partial charge < -0.3 is 10.1 Å². The molecule has 0 radical (unpaired) electrons. The van der Waals surface area contributed by atoms with E-state index in [0.29, 0.717) is 40.4 Å². The minimum absolute atomic E-state index is 0.0154. The second-order valence-corrected chi connectivity index (χ2v) is 9.49. The minimum atomic E-state index is -4.58. The van der Waals surface area contributed by atoms with Gasteiger partial charge in [-0.3, -0.25) is 14.2 Å². The summed E-state index contributed by atoms with van der Waals surface area (Å²) in [5, 5.41) is 11.1. The van der Waals surface area contributed by atoms with Crippen LogP contribution in [-0.4, -0.2) is 38.5 Å². The Morgan fingerprint density at radius 1 is 1.17 bits per heavy atom. The van der Waals surface area contributed by atoms with Gasteiger partial charge in [-0.1, -0.05) is 18.2 Å². The highest BCUT2D eigenvalue weighted by molar-refractivity contribution is 9.10. The predicted octanol–water partition coefficient (Wildman–Crippen LogP) is 5.22. The summed E-state index contributed by atoms with van der Waals surface area (Å²) in [5.41, 5.74) is 2.44. The first-order valence-corrected chi connectivity index (χ1v) is 12.1. The summed E-state index contributed by atoms with van der Waals surface area (Å²) in [7, 11) is 1.32. The number of aryl methyl sites for hydroxylation is 2. The molecule has 1 aliphatic carbocycles. The standard InChI is InChI=1S/C24H25BrF3N5O3/c1-13-20(14(2)33(30-13)12-16-6-4-5-7-17(16)23(35)36-3)29-18(34)10-11-32-21(15-8-9-15)19(25)22(31-32)24(26,27)28/h4-7,15H,8-12H2,1-3H3,(H,29,34). The maximum atomic E-state index is 13.3. The number of halogens is 4. The fourth-order valence-corrected chi connectivity index (χ4v) is 4.95. The number of nitrogens with zero attached hydrogens (tertiary/aromatic N) is 4. The zero-order valence-corrected chi connectivity index (χ0v) is 21.5. The summed E-state index contributed by atoms with van der Waals surface area (Å²) in [6.07, 6.45) is -3.04. The van der Waals surface area contributed by atoms with Crippen LogP contribution >= 0.6 is 15.9 Å². The van der Waals surface area contributed by atoms with Gasteiger partial charge >= 0.3 is 12.1 Å². The number of nitrogens with one attached hydrogen (secondary N) is 1. The Labute approximate surface area is 213 Å². The van der Waals surface area contributed by atoms with Crippen LogP contribution in [0, 0.1) is 13.8 Å². The molecule has 36 heavy (non-hydrogen) atoms. The smallest absolute Gasteiger partial charge is 0.436 e. The van der Waals surface area contributed by atoms with Crippen molar-refractivity contribution in [3.8, 4) is 0 Å². The van der Waals surface area contributed by atoms with Crippen LogP contribution in [0.25, 0.3) is 0 Å². The van der Waals surface area contributed by atoms with Crippen LogP contribution in [0.15, 0.2) is 28.7 Å². The predicted molar refractivity (Wildman–Crippen MR) is 129 cm³/mol. The van der Waals surface area contributed by atoms with Crippen molar-refractivity contribution in [3.63, 3.8) is 0 Å². The summed E-state index contributed by atoms with van der Waals surface area (Å²) in [4.78, 5) is 24.8. The Morgan fingerprint density at radius 2 is 1.86 bits per heavy atom. The number of esters is 1. The van der Waals surface area contributed by atoms with Gasteiger partial charge in [-0.15, -0.1) is 0 Å². The van der Waals surface area contributed by atoms with Gasteiger partial charge in [0, 0.05) is 12.3 Å². The number of amides is 1. The lowest BCUT2D eigenvalue weighted by Gasteiger charge is -2.10. The third-order valence-corrected chi connectivity index (χ3v) is 6.89. The van der Waals surface area contributed by atoms with Gasteiger partial charge in [-0.05, 0) is 54.2 Å². The number of aromatic nitrogens is 4. The Bertz CT molecular complexity index is 1310. The van der Waals surface area contributed by atoms with Crippen LogP contribution in [0.3, 0.4) is 0 Å². The molecule has 2 aromatic heterocycles. The molecule has 0 aliphatic heterocycles. The molecule has 1 aromatic carbocycles. The van der Waals surface area contributed by atoms with Crippen LogP contribution in [0.4, 0.5) is 18.9 Å². The van der Waals surface area contributed by atoms with Crippen LogP contribution in [0.5, 0.6) is 0 Å². The summed E-state index contributed by atoms with van der Waals surface area (Å²) in [6, 6.07) is 7.02. The van der Waals surface area contributed by atoms with Gasteiger partial charge in [0.05, 0.1) is 53.0 Å². The Morgan fingerprint density at radius 3 is 2.50 bits per heavy atom. The third-order valence-electron chi connectivity index (χ3n) is 6.10. The second kappa shape index (κ2) is 10.1. The molecule has 1 fully saturated rings. The number of hydrogen-bond donors (Lipinski definition) is 1. The Balaban J connectivity index is 1.47. The van der Waals surface area contributed by atoms with E-state index < -0.39 is 17.8 Å². The van der Waals surface area contributed by atoms with E-state index in [-0.39, 0.29) is 29.3 Å². The number of rotatable bonds is 8. The van der Waals surface area contributed by atoms with Crippen LogP contribution in [-0.2, 0) is 28.8 Å². The van der Waals surface area contributed by atoms with Crippen molar-refractivity contribution in [3.05, 3.63) is 62.6 Å². The number of hydrogen-bond acceptors (Lipinski definition) is 5. The zero-order chi connectivity index (χ0) is 26.2. The lowest BCUT2D eigenvalue weighted by atomic mass is 10.1. The van der Waals surface area contributed by atoms with Gasteiger partial charge in [0.15, 0.2) is 5.69 Å². The molecule has 3 aromatic rings. The van der Waals surface area contributed by atoms with Gasteiger partial charge in [0.25, 0.3) is 0 Å². The van der Waals surface area contributed by atoms with Gasteiger partial charge in [-0.2, -0.15) is 23.4 Å². The molecule has 8 nitrogen and oxygen atoms in total. The lowest BCUT2D eigenvalue weighted by molar-refractivity contribution is -0.142. The Kier molecular flexibility index (Phi) is 7.26. The van der Waals surface area contributed by atoms with Crippen molar-refractivity contribution < 1.29 is 27.5 Å². The molecule has 2 heterocycles. The molecule has 192 valence electrons. The highest BCUT2D eigenvalue weighted by Crippen LogP contribution is 2.47. The molecule has 1 aliphatic rings. The minimum Gasteiger partial charge on any atom is -0.465 e. The molecule has 0 saturated heterocycles. The molecule has 0 atom stereocenters. The lowest BCUT2D eigenvalue weighted by Crippen LogP contribution is -2.17. The average Bonchev–Trinajstić information content (AvgIpc) is 3.56. The largest absolute Gasteiger partial charge is 0.465 e. The molecule has 0 unspecified atom stereocenters. The number of ether oxygens (including phenoxy) is 1. The maximum absolute atomic E-state index is 13.3. The summed E-state index contributed by atoms with van der Waals surface area (Å²) >= 11 is 3.06. The molecule has 1 N–H and O–H groups in total. The summed E-state index contributed by atoms with van der Waals surface area (Å²) in [5.74, 6) is -0.801. The van der Waals surface area contributed by atoms with Crippen LogP contribution < -0.4 is 5.32 Å². The van der Waals surface area contributed by atoms with Crippen molar-refractivity contribution in [2.75, 3.05) is 12.4 Å². The molecule has 4 rings (SSSR count). The number of carbonyl (C=O) groups is 2. The van der Waals surface area contributed by atoms with Gasteiger partial charge in [-0.25, -0.2) is 4.79 Å².